The molecular formula is C15H10F2N2O2. The van der Waals surface area contributed by atoms with Crippen LogP contribution in [0.1, 0.15) is 15.9 Å². The number of aliphatic hydroxyl groups is 1. The van der Waals surface area contributed by atoms with Crippen LogP contribution in [0, 0.1) is 23.5 Å². The lowest BCUT2D eigenvalue weighted by Crippen LogP contribution is -2.14. The summed E-state index contributed by atoms with van der Waals surface area (Å²) < 4.78 is 26.9. The Balaban J connectivity index is 2.25. The Bertz CT molecular complexity index is 716. The molecule has 4 nitrogen and oxygen atoms in total. The summed E-state index contributed by atoms with van der Waals surface area (Å²) in [4.78, 5) is 15.8. The van der Waals surface area contributed by atoms with Crippen molar-refractivity contribution in [3.8, 4) is 11.8 Å². The highest BCUT2D eigenvalue weighted by Crippen LogP contribution is 2.18. The summed E-state index contributed by atoms with van der Waals surface area (Å²) in [6, 6.07) is 4.69. The molecule has 0 aliphatic carbocycles. The number of nitrogens with zero attached hydrogens (tertiary/aromatic N) is 1. The largest absolute Gasteiger partial charge is 0.384 e. The lowest BCUT2D eigenvalue weighted by atomic mass is 10.2. The number of carbonyl (C=O) groups excluding carboxylic acids is 1. The van der Waals surface area contributed by atoms with Crippen molar-refractivity contribution in [3.05, 3.63) is 59.4 Å². The molecule has 21 heavy (non-hydrogen) atoms. The number of halogens is 2. The molecule has 0 saturated heterocycles. The monoisotopic (exact) mass is 288 g/mol. The second-order valence-corrected chi connectivity index (χ2v) is 3.97. The van der Waals surface area contributed by atoms with E-state index in [9.17, 15) is 13.6 Å². The van der Waals surface area contributed by atoms with E-state index in [0.29, 0.717) is 5.56 Å². The number of hydrogen-bond donors (Lipinski definition) is 2. The summed E-state index contributed by atoms with van der Waals surface area (Å²) in [6.45, 7) is -0.323. The van der Waals surface area contributed by atoms with Crippen LogP contribution in [0.2, 0.25) is 0 Å². The smallest absolute Gasteiger partial charge is 0.257 e. The molecule has 0 fully saturated rings. The van der Waals surface area contributed by atoms with Gasteiger partial charge in [0.1, 0.15) is 23.9 Å². The number of nitrogens with one attached hydrogen (secondary N) is 1. The minimum Gasteiger partial charge on any atom is -0.384 e. The van der Waals surface area contributed by atoms with Crippen molar-refractivity contribution in [3.63, 3.8) is 0 Å². The van der Waals surface area contributed by atoms with Crippen LogP contribution < -0.4 is 5.32 Å². The van der Waals surface area contributed by atoms with Gasteiger partial charge in [-0.2, -0.15) is 0 Å². The fourth-order valence-electron chi connectivity index (χ4n) is 1.58. The van der Waals surface area contributed by atoms with E-state index in [4.69, 9.17) is 5.11 Å². The highest BCUT2D eigenvalue weighted by molar-refractivity contribution is 6.04. The molecule has 2 N–H and O–H groups in total. The first-order chi connectivity index (χ1) is 10.1. The summed E-state index contributed by atoms with van der Waals surface area (Å²) >= 11 is 0. The molecule has 106 valence electrons. The third kappa shape index (κ3) is 3.61. The van der Waals surface area contributed by atoms with E-state index in [0.717, 1.165) is 12.1 Å². The van der Waals surface area contributed by atoms with Gasteiger partial charge in [-0.3, -0.25) is 9.78 Å². The molecule has 0 atom stereocenters. The highest BCUT2D eigenvalue weighted by Gasteiger charge is 2.13. The van der Waals surface area contributed by atoms with Crippen LogP contribution in [-0.4, -0.2) is 22.6 Å². The molecule has 1 amide bonds. The summed E-state index contributed by atoms with van der Waals surface area (Å²) in [7, 11) is 0. The van der Waals surface area contributed by atoms with E-state index in [1.54, 1.807) is 0 Å². The molecule has 0 unspecified atom stereocenters. The van der Waals surface area contributed by atoms with Gasteiger partial charge in [0.05, 0.1) is 5.56 Å². The first kappa shape index (κ1) is 14.6. The number of anilines is 1. The van der Waals surface area contributed by atoms with E-state index < -0.39 is 23.2 Å². The van der Waals surface area contributed by atoms with Crippen molar-refractivity contribution in [2.75, 3.05) is 11.9 Å². The summed E-state index contributed by atoms with van der Waals surface area (Å²) in [6.07, 6.45) is 2.65. The number of pyridine rings is 1. The number of aliphatic hydroxyl groups excluding tert-OH is 1. The number of amides is 1. The van der Waals surface area contributed by atoms with Gasteiger partial charge in [-0.25, -0.2) is 8.78 Å². The van der Waals surface area contributed by atoms with Crippen LogP contribution in [-0.2, 0) is 0 Å². The zero-order chi connectivity index (χ0) is 15.2. The number of aromatic nitrogens is 1. The van der Waals surface area contributed by atoms with Crippen LogP contribution in [0.5, 0.6) is 0 Å². The van der Waals surface area contributed by atoms with Crippen molar-refractivity contribution in [1.29, 1.82) is 0 Å². The molecule has 2 aromatic rings. The summed E-state index contributed by atoms with van der Waals surface area (Å²) in [5.74, 6) is 2.55. The third-order valence-electron chi connectivity index (χ3n) is 2.51. The molecule has 2 rings (SSSR count). The van der Waals surface area contributed by atoms with Crippen molar-refractivity contribution in [2.24, 2.45) is 0 Å². The molecule has 1 aromatic heterocycles. The van der Waals surface area contributed by atoms with Crippen LogP contribution in [0.4, 0.5) is 14.5 Å². The van der Waals surface area contributed by atoms with Gasteiger partial charge in [0.15, 0.2) is 0 Å². The SMILES string of the molecule is O=C(Nc1c(F)cccc1F)c1cncc(C#CCO)c1. The Morgan fingerprint density at radius 2 is 2.00 bits per heavy atom. The lowest BCUT2D eigenvalue weighted by molar-refractivity contribution is 0.102. The Morgan fingerprint density at radius 1 is 1.29 bits per heavy atom. The van der Waals surface area contributed by atoms with Crippen LogP contribution in [0.3, 0.4) is 0 Å². The molecular weight excluding hydrogens is 278 g/mol. The van der Waals surface area contributed by atoms with Gasteiger partial charge in [-0.15, -0.1) is 0 Å². The number of carbonyl (C=O) groups is 1. The van der Waals surface area contributed by atoms with E-state index in [-0.39, 0.29) is 12.2 Å². The molecule has 0 saturated carbocycles. The van der Waals surface area contributed by atoms with Crippen molar-refractivity contribution < 1.29 is 18.7 Å². The normalized spacial score (nSPS) is 9.67. The second-order valence-electron chi connectivity index (χ2n) is 3.97. The van der Waals surface area contributed by atoms with Gasteiger partial charge in [-0.1, -0.05) is 17.9 Å². The van der Waals surface area contributed by atoms with Gasteiger partial charge in [0, 0.05) is 18.0 Å². The van der Waals surface area contributed by atoms with Crippen LogP contribution in [0.15, 0.2) is 36.7 Å². The number of hydrogen-bond acceptors (Lipinski definition) is 3. The van der Waals surface area contributed by atoms with Crippen LogP contribution >= 0.6 is 0 Å². The average Bonchev–Trinajstić information content (AvgIpc) is 2.49. The Morgan fingerprint density at radius 3 is 2.67 bits per heavy atom. The molecule has 6 heteroatoms. The van der Waals surface area contributed by atoms with E-state index >= 15 is 0 Å². The Labute approximate surface area is 119 Å². The first-order valence-electron chi connectivity index (χ1n) is 5.92. The number of para-hydroxylation sites is 1. The standard InChI is InChI=1S/C15H10F2N2O2/c16-12-4-1-5-13(17)14(12)19-15(21)11-7-10(3-2-6-20)8-18-9-11/h1,4-5,7-9,20H,6H2,(H,19,21). The van der Waals surface area contributed by atoms with Crippen molar-refractivity contribution in [1.82, 2.24) is 4.98 Å². The molecule has 0 aliphatic heterocycles. The molecule has 0 spiro atoms. The first-order valence-corrected chi connectivity index (χ1v) is 5.92. The van der Waals surface area contributed by atoms with Gasteiger partial charge in [-0.05, 0) is 18.2 Å². The van der Waals surface area contributed by atoms with Gasteiger partial charge >= 0.3 is 0 Å². The van der Waals surface area contributed by atoms with Crippen LogP contribution in [0.25, 0.3) is 0 Å². The highest BCUT2D eigenvalue weighted by atomic mass is 19.1. The maximum Gasteiger partial charge on any atom is 0.257 e. The van der Waals surface area contributed by atoms with Gasteiger partial charge in [0.2, 0.25) is 0 Å². The maximum absolute atomic E-state index is 13.5. The van der Waals surface area contributed by atoms with E-state index in [2.05, 4.69) is 22.1 Å². The summed E-state index contributed by atoms with van der Waals surface area (Å²) in [5.41, 5.74) is -0.0116. The topological polar surface area (TPSA) is 62.2 Å². The van der Waals surface area contributed by atoms with E-state index in [1.807, 2.05) is 0 Å². The molecule has 0 bridgehead atoms. The van der Waals surface area contributed by atoms with Crippen molar-refractivity contribution in [2.45, 2.75) is 0 Å². The predicted octanol–water partition coefficient (Wildman–Crippen LogP) is 1.96. The Kier molecular flexibility index (Phi) is 4.59. The quantitative estimate of drug-likeness (QED) is 0.830. The van der Waals surface area contributed by atoms with Crippen molar-refractivity contribution >= 4 is 11.6 Å². The summed E-state index contributed by atoms with van der Waals surface area (Å²) in [5, 5.41) is 10.8. The second kappa shape index (κ2) is 6.59. The number of benzene rings is 1. The zero-order valence-corrected chi connectivity index (χ0v) is 10.7. The van der Waals surface area contributed by atoms with Gasteiger partial charge < -0.3 is 10.4 Å². The molecule has 0 aliphatic rings. The molecule has 1 aromatic carbocycles. The maximum atomic E-state index is 13.5. The van der Waals surface area contributed by atoms with E-state index in [1.165, 1.54) is 24.5 Å². The Hall–Kier alpha value is -2.78. The predicted molar refractivity (Wildman–Crippen MR) is 72.5 cm³/mol. The fourth-order valence-corrected chi connectivity index (χ4v) is 1.58. The third-order valence-corrected chi connectivity index (χ3v) is 2.51. The minimum atomic E-state index is -0.868. The molecule has 0 radical (unpaired) electrons. The van der Waals surface area contributed by atoms with Gasteiger partial charge in [0.25, 0.3) is 5.91 Å². The minimum absolute atomic E-state index is 0.0994. The lowest BCUT2D eigenvalue weighted by Gasteiger charge is -2.07. The number of rotatable bonds is 2. The fraction of sp³-hybridized carbons (Fsp3) is 0.0667. The average molecular weight is 288 g/mol. The zero-order valence-electron chi connectivity index (χ0n) is 10.7. The molecule has 1 heterocycles.